The molecule has 6 heteroatoms. The summed E-state index contributed by atoms with van der Waals surface area (Å²) in [6.45, 7) is 1.69. The van der Waals surface area contributed by atoms with E-state index in [0.29, 0.717) is 29.9 Å². The molecule has 2 N–H and O–H groups in total. The smallest absolute Gasteiger partial charge is 0.254 e. The van der Waals surface area contributed by atoms with E-state index in [-0.39, 0.29) is 11.7 Å². The fraction of sp³-hybridized carbons (Fsp3) is 0.391. The zero-order chi connectivity index (χ0) is 20.2. The molecule has 0 spiro atoms. The van der Waals surface area contributed by atoms with Crippen LogP contribution in [0.5, 0.6) is 0 Å². The van der Waals surface area contributed by atoms with Gasteiger partial charge in [0, 0.05) is 5.92 Å². The Balaban J connectivity index is 1.51. The quantitative estimate of drug-likeness (QED) is 0.489. The van der Waals surface area contributed by atoms with Gasteiger partial charge in [-0.15, -0.1) is 0 Å². The van der Waals surface area contributed by atoms with Gasteiger partial charge in [-0.05, 0) is 79.8 Å². The van der Waals surface area contributed by atoms with Gasteiger partial charge in [-0.3, -0.25) is 10.0 Å². The molecule has 2 saturated carbocycles. The van der Waals surface area contributed by atoms with Gasteiger partial charge < -0.3 is 4.42 Å². The summed E-state index contributed by atoms with van der Waals surface area (Å²) in [5, 5.41) is 9.43. The highest BCUT2D eigenvalue weighted by atomic mass is 19.1. The summed E-state index contributed by atoms with van der Waals surface area (Å²) < 4.78 is 20.1. The third kappa shape index (κ3) is 2.94. The van der Waals surface area contributed by atoms with Crippen LogP contribution in [0.25, 0.3) is 11.1 Å². The number of rotatable bonds is 4. The molecule has 2 fully saturated rings. The summed E-state index contributed by atoms with van der Waals surface area (Å²) >= 11 is 0. The molecule has 2 aliphatic carbocycles. The van der Waals surface area contributed by atoms with Crippen molar-refractivity contribution in [1.82, 2.24) is 10.5 Å². The van der Waals surface area contributed by atoms with Crippen molar-refractivity contribution in [3.63, 3.8) is 0 Å². The molecule has 5 nitrogen and oxygen atoms in total. The molecule has 150 valence electrons. The first-order valence-electron chi connectivity index (χ1n) is 10.1. The number of hydrogen-bond donors (Lipinski definition) is 2. The molecule has 1 amide bonds. The standard InChI is InChI=1S/C23H23FN2O3/c1-13-17(3-2-4-18(13)24)23(22(27)26-28)10-9-16(12-23)15-7-8-20-19(11-15)25-21(29-20)14-5-6-14/h2-4,7-8,11,14,16,28H,5-6,9-10,12H2,1H3,(H,26,27)/t16?,23-/m0/s1. The number of amides is 1. The first kappa shape index (κ1) is 18.3. The lowest BCUT2D eigenvalue weighted by molar-refractivity contribution is -0.135. The van der Waals surface area contributed by atoms with Gasteiger partial charge in [0.1, 0.15) is 11.3 Å². The minimum Gasteiger partial charge on any atom is -0.440 e. The van der Waals surface area contributed by atoms with Crippen LogP contribution < -0.4 is 5.48 Å². The second-order valence-corrected chi connectivity index (χ2v) is 8.43. The van der Waals surface area contributed by atoms with E-state index in [4.69, 9.17) is 4.42 Å². The van der Waals surface area contributed by atoms with Crippen LogP contribution in [-0.2, 0) is 10.2 Å². The van der Waals surface area contributed by atoms with Gasteiger partial charge in [-0.25, -0.2) is 14.9 Å². The van der Waals surface area contributed by atoms with Crippen molar-refractivity contribution in [1.29, 1.82) is 0 Å². The number of halogens is 1. The summed E-state index contributed by atoms with van der Waals surface area (Å²) in [4.78, 5) is 17.4. The van der Waals surface area contributed by atoms with Crippen molar-refractivity contribution in [2.24, 2.45) is 0 Å². The number of oxazole rings is 1. The average molecular weight is 394 g/mol. The Labute approximate surface area is 167 Å². The molecule has 29 heavy (non-hydrogen) atoms. The number of fused-ring (bicyclic) bond motifs is 1. The van der Waals surface area contributed by atoms with Gasteiger partial charge in [-0.1, -0.05) is 18.2 Å². The molecule has 2 aliphatic rings. The maximum Gasteiger partial charge on any atom is 0.254 e. The van der Waals surface area contributed by atoms with Crippen LogP contribution in [0.3, 0.4) is 0 Å². The molecule has 0 bridgehead atoms. The summed E-state index contributed by atoms with van der Waals surface area (Å²) in [5.41, 5.74) is 4.70. The van der Waals surface area contributed by atoms with Crippen molar-refractivity contribution in [3.05, 3.63) is 64.8 Å². The van der Waals surface area contributed by atoms with Gasteiger partial charge in [0.25, 0.3) is 5.91 Å². The minimum absolute atomic E-state index is 0.112. The Morgan fingerprint density at radius 2 is 2.07 bits per heavy atom. The molecule has 3 aromatic rings. The number of benzene rings is 2. The van der Waals surface area contributed by atoms with Crippen LogP contribution in [0.15, 0.2) is 40.8 Å². The molecular weight excluding hydrogens is 371 g/mol. The van der Waals surface area contributed by atoms with Crippen molar-refractivity contribution < 1.29 is 18.8 Å². The average Bonchev–Trinajstić information content (AvgIpc) is 3.34. The maximum atomic E-state index is 14.2. The van der Waals surface area contributed by atoms with Crippen LogP contribution >= 0.6 is 0 Å². The molecule has 1 heterocycles. The number of carbonyl (C=O) groups excluding carboxylic acids is 1. The van der Waals surface area contributed by atoms with E-state index in [0.717, 1.165) is 41.8 Å². The molecule has 5 rings (SSSR count). The molecule has 0 radical (unpaired) electrons. The third-order valence-corrected chi connectivity index (χ3v) is 6.66. The van der Waals surface area contributed by atoms with E-state index >= 15 is 0 Å². The first-order chi connectivity index (χ1) is 14.0. The summed E-state index contributed by atoms with van der Waals surface area (Å²) in [6, 6.07) is 10.8. The van der Waals surface area contributed by atoms with Crippen LogP contribution in [0.1, 0.15) is 66.5 Å². The van der Waals surface area contributed by atoms with Gasteiger partial charge >= 0.3 is 0 Å². The van der Waals surface area contributed by atoms with E-state index in [2.05, 4.69) is 4.98 Å². The number of nitrogens with one attached hydrogen (secondary N) is 1. The maximum absolute atomic E-state index is 14.2. The van der Waals surface area contributed by atoms with Gasteiger partial charge in [0.05, 0.1) is 5.41 Å². The second-order valence-electron chi connectivity index (χ2n) is 8.43. The first-order valence-corrected chi connectivity index (χ1v) is 10.1. The topological polar surface area (TPSA) is 75.4 Å². The highest BCUT2D eigenvalue weighted by Gasteiger charge is 2.48. The molecule has 1 aromatic heterocycles. The Hall–Kier alpha value is -2.73. The summed E-state index contributed by atoms with van der Waals surface area (Å²) in [5.74, 6) is 0.558. The lowest BCUT2D eigenvalue weighted by Gasteiger charge is -2.29. The van der Waals surface area contributed by atoms with E-state index < -0.39 is 11.3 Å². The summed E-state index contributed by atoms with van der Waals surface area (Å²) in [7, 11) is 0. The zero-order valence-corrected chi connectivity index (χ0v) is 16.2. The molecule has 1 unspecified atom stereocenters. The number of hydrogen-bond acceptors (Lipinski definition) is 4. The molecule has 0 saturated heterocycles. The fourth-order valence-corrected chi connectivity index (χ4v) is 4.86. The Morgan fingerprint density at radius 1 is 1.24 bits per heavy atom. The largest absolute Gasteiger partial charge is 0.440 e. The third-order valence-electron chi connectivity index (χ3n) is 6.66. The van der Waals surface area contributed by atoms with Crippen molar-refractivity contribution in [3.8, 4) is 0 Å². The normalized spacial score (nSPS) is 24.2. The van der Waals surface area contributed by atoms with E-state index in [1.807, 2.05) is 23.7 Å². The lowest BCUT2D eigenvalue weighted by atomic mass is 9.75. The van der Waals surface area contributed by atoms with Crippen LogP contribution in [0.4, 0.5) is 4.39 Å². The highest BCUT2D eigenvalue weighted by Crippen LogP contribution is 2.50. The highest BCUT2D eigenvalue weighted by molar-refractivity contribution is 5.88. The van der Waals surface area contributed by atoms with Crippen molar-refractivity contribution >= 4 is 17.0 Å². The lowest BCUT2D eigenvalue weighted by Crippen LogP contribution is -2.42. The number of hydroxylamine groups is 1. The van der Waals surface area contributed by atoms with Crippen molar-refractivity contribution in [2.75, 3.05) is 0 Å². The number of nitrogens with zero attached hydrogens (tertiary/aromatic N) is 1. The van der Waals surface area contributed by atoms with Gasteiger partial charge in [0.15, 0.2) is 11.5 Å². The summed E-state index contributed by atoms with van der Waals surface area (Å²) in [6.07, 6.45) is 4.07. The van der Waals surface area contributed by atoms with E-state index in [9.17, 15) is 14.4 Å². The molecule has 2 aromatic carbocycles. The van der Waals surface area contributed by atoms with Crippen LogP contribution in [-0.4, -0.2) is 16.1 Å². The van der Waals surface area contributed by atoms with Crippen LogP contribution in [0.2, 0.25) is 0 Å². The number of carbonyl (C=O) groups is 1. The van der Waals surface area contributed by atoms with Crippen molar-refractivity contribution in [2.45, 2.75) is 56.3 Å². The van der Waals surface area contributed by atoms with E-state index in [1.165, 1.54) is 6.07 Å². The Kier molecular flexibility index (Phi) is 4.21. The fourth-order valence-electron chi connectivity index (χ4n) is 4.86. The Morgan fingerprint density at radius 3 is 2.83 bits per heavy atom. The van der Waals surface area contributed by atoms with Gasteiger partial charge in [0.2, 0.25) is 0 Å². The van der Waals surface area contributed by atoms with E-state index in [1.54, 1.807) is 19.1 Å². The monoisotopic (exact) mass is 394 g/mol. The molecule has 0 aliphatic heterocycles. The van der Waals surface area contributed by atoms with Crippen LogP contribution in [0, 0.1) is 12.7 Å². The minimum atomic E-state index is -0.955. The SMILES string of the molecule is Cc1c(F)cccc1[C@]1(C(=O)NO)CCC(c2ccc3oc(C4CC4)nc3c2)C1. The predicted octanol–water partition coefficient (Wildman–Crippen LogP) is 4.86. The second kappa shape index (κ2) is 6.66. The number of aromatic nitrogens is 1. The molecular formula is C23H23FN2O3. The van der Waals surface area contributed by atoms with Gasteiger partial charge in [-0.2, -0.15) is 0 Å². The predicted molar refractivity (Wildman–Crippen MR) is 105 cm³/mol. The molecule has 2 atom stereocenters. The zero-order valence-electron chi connectivity index (χ0n) is 16.2. The Bertz CT molecular complexity index is 1100.